The van der Waals surface area contributed by atoms with Crippen molar-refractivity contribution in [3.63, 3.8) is 0 Å². The standard InChI is InChI=1S/C25H31N3O6/c1-9-17-11-13-18(14-12-17)21(22(30)26-15-19(29)33-8)28(10-2)23(31)20(16(3)4)27-24(32)34-25(5,6)7/h1-2,11-14,16,20-21H,15H2,3-8H3,(H,26,30)(H,27,32). The third kappa shape index (κ3) is 8.18. The molecule has 0 heterocycles. The van der Waals surface area contributed by atoms with Gasteiger partial charge in [0.1, 0.15) is 24.2 Å². The third-order valence-electron chi connectivity index (χ3n) is 4.52. The molecule has 34 heavy (non-hydrogen) atoms. The topological polar surface area (TPSA) is 114 Å². The fourth-order valence-electron chi connectivity index (χ4n) is 2.87. The molecule has 2 atom stereocenters. The molecule has 0 saturated heterocycles. The highest BCUT2D eigenvalue weighted by atomic mass is 16.6. The Morgan fingerprint density at radius 2 is 1.68 bits per heavy atom. The number of methoxy groups -OCH3 is 1. The molecular formula is C25H31N3O6. The highest BCUT2D eigenvalue weighted by Crippen LogP contribution is 2.24. The maximum atomic E-state index is 13.5. The Hall–Kier alpha value is -3.98. The SMILES string of the molecule is C#Cc1ccc(C(C(=O)NCC(=O)OC)N(C#C)C(=O)C(NC(=O)OC(C)(C)C)C(C)C)cc1. The number of nitrogens with one attached hydrogen (secondary N) is 2. The van der Waals surface area contributed by atoms with Crippen LogP contribution >= 0.6 is 0 Å². The Kier molecular flexibility index (Phi) is 10.2. The summed E-state index contributed by atoms with van der Waals surface area (Å²) in [7, 11) is 1.18. The first kappa shape index (κ1) is 28.1. The number of hydrogen-bond donors (Lipinski definition) is 2. The number of carbonyl (C=O) groups is 4. The summed E-state index contributed by atoms with van der Waals surface area (Å²) in [6.07, 6.45) is 10.3. The van der Waals surface area contributed by atoms with Gasteiger partial charge >= 0.3 is 12.1 Å². The van der Waals surface area contributed by atoms with Crippen molar-refractivity contribution in [2.24, 2.45) is 5.92 Å². The van der Waals surface area contributed by atoms with Gasteiger partial charge in [-0.1, -0.05) is 38.3 Å². The largest absolute Gasteiger partial charge is 0.468 e. The van der Waals surface area contributed by atoms with Crippen molar-refractivity contribution in [3.05, 3.63) is 35.4 Å². The summed E-state index contributed by atoms with van der Waals surface area (Å²) in [5.74, 6) is -0.0291. The van der Waals surface area contributed by atoms with E-state index in [-0.39, 0.29) is 0 Å². The van der Waals surface area contributed by atoms with Crippen LogP contribution in [0.25, 0.3) is 0 Å². The van der Waals surface area contributed by atoms with Crippen LogP contribution < -0.4 is 10.6 Å². The highest BCUT2D eigenvalue weighted by Gasteiger charge is 2.37. The molecule has 182 valence electrons. The molecule has 0 saturated carbocycles. The summed E-state index contributed by atoms with van der Waals surface area (Å²) in [6, 6.07) is 6.14. The lowest BCUT2D eigenvalue weighted by molar-refractivity contribution is -0.143. The van der Waals surface area contributed by atoms with Crippen LogP contribution in [0.15, 0.2) is 24.3 Å². The van der Waals surface area contributed by atoms with Crippen molar-refractivity contribution in [2.75, 3.05) is 13.7 Å². The number of benzene rings is 1. The van der Waals surface area contributed by atoms with E-state index < -0.39 is 54.0 Å². The van der Waals surface area contributed by atoms with E-state index in [2.05, 4.69) is 27.3 Å². The van der Waals surface area contributed by atoms with Crippen LogP contribution in [-0.2, 0) is 23.9 Å². The first-order valence-corrected chi connectivity index (χ1v) is 10.5. The van der Waals surface area contributed by atoms with E-state index in [1.807, 2.05) is 0 Å². The third-order valence-corrected chi connectivity index (χ3v) is 4.52. The number of ether oxygens (including phenoxy) is 2. The van der Waals surface area contributed by atoms with Crippen LogP contribution in [0, 0.1) is 30.7 Å². The number of esters is 1. The summed E-state index contributed by atoms with van der Waals surface area (Å²) in [5.41, 5.74) is 0.130. The second-order valence-electron chi connectivity index (χ2n) is 8.67. The van der Waals surface area contributed by atoms with Crippen molar-refractivity contribution < 1.29 is 28.7 Å². The molecule has 2 N–H and O–H groups in total. The number of rotatable bonds is 8. The van der Waals surface area contributed by atoms with Gasteiger partial charge in [-0.05, 0) is 44.4 Å². The number of alkyl carbamates (subject to hydrolysis) is 1. The van der Waals surface area contributed by atoms with Gasteiger partial charge in [-0.25, -0.2) is 4.79 Å². The molecular weight excluding hydrogens is 438 g/mol. The molecule has 0 bridgehead atoms. The van der Waals surface area contributed by atoms with Gasteiger partial charge in [-0.3, -0.25) is 19.3 Å². The predicted molar refractivity (Wildman–Crippen MR) is 126 cm³/mol. The second kappa shape index (κ2) is 12.3. The maximum Gasteiger partial charge on any atom is 0.408 e. The van der Waals surface area contributed by atoms with Gasteiger partial charge in [-0.2, -0.15) is 0 Å². The molecule has 1 aromatic rings. The van der Waals surface area contributed by atoms with Crippen molar-refractivity contribution >= 4 is 23.9 Å². The van der Waals surface area contributed by atoms with E-state index >= 15 is 0 Å². The summed E-state index contributed by atoms with van der Waals surface area (Å²) < 4.78 is 9.80. The molecule has 0 spiro atoms. The quantitative estimate of drug-likeness (QED) is 0.342. The molecule has 0 aliphatic heterocycles. The summed E-state index contributed by atoms with van der Waals surface area (Å²) >= 11 is 0. The van der Waals surface area contributed by atoms with E-state index in [0.717, 1.165) is 4.90 Å². The molecule has 1 rings (SSSR count). The lowest BCUT2D eigenvalue weighted by atomic mass is 9.98. The van der Waals surface area contributed by atoms with Crippen LogP contribution in [0.1, 0.15) is 51.8 Å². The zero-order valence-corrected chi connectivity index (χ0v) is 20.3. The Bertz CT molecular complexity index is 980. The Morgan fingerprint density at radius 3 is 2.12 bits per heavy atom. The van der Waals surface area contributed by atoms with Crippen LogP contribution in [0.4, 0.5) is 4.79 Å². The van der Waals surface area contributed by atoms with E-state index in [4.69, 9.17) is 17.6 Å². The maximum absolute atomic E-state index is 13.5. The zero-order valence-electron chi connectivity index (χ0n) is 20.3. The Morgan fingerprint density at radius 1 is 1.09 bits per heavy atom. The average molecular weight is 470 g/mol. The summed E-state index contributed by atoms with van der Waals surface area (Å²) in [4.78, 5) is 51.3. The molecule has 0 radical (unpaired) electrons. The minimum absolute atomic E-state index is 0.354. The first-order valence-electron chi connectivity index (χ1n) is 10.5. The number of nitrogens with zero attached hydrogens (tertiary/aromatic N) is 1. The second-order valence-corrected chi connectivity index (χ2v) is 8.67. The molecule has 2 unspecified atom stereocenters. The average Bonchev–Trinajstić information content (AvgIpc) is 2.77. The van der Waals surface area contributed by atoms with E-state index in [9.17, 15) is 19.2 Å². The Labute approximate surface area is 200 Å². The minimum atomic E-state index is -1.31. The van der Waals surface area contributed by atoms with Gasteiger partial charge in [0, 0.05) is 11.6 Å². The molecule has 0 aromatic heterocycles. The van der Waals surface area contributed by atoms with Gasteiger partial charge < -0.3 is 20.1 Å². The number of hydrogen-bond acceptors (Lipinski definition) is 6. The summed E-state index contributed by atoms with van der Waals surface area (Å²) in [6.45, 7) is 8.06. The lowest BCUT2D eigenvalue weighted by Crippen LogP contribution is -2.53. The van der Waals surface area contributed by atoms with Gasteiger partial charge in [0.2, 0.25) is 5.91 Å². The van der Waals surface area contributed by atoms with Crippen molar-refractivity contribution in [2.45, 2.75) is 52.3 Å². The fraction of sp³-hybridized carbons (Fsp3) is 0.440. The van der Waals surface area contributed by atoms with Gasteiger partial charge in [0.05, 0.1) is 7.11 Å². The Balaban J connectivity index is 3.35. The van der Waals surface area contributed by atoms with Crippen molar-refractivity contribution in [1.29, 1.82) is 0 Å². The van der Waals surface area contributed by atoms with E-state index in [0.29, 0.717) is 11.1 Å². The smallest absolute Gasteiger partial charge is 0.408 e. The molecule has 9 heteroatoms. The molecule has 0 fully saturated rings. The van der Waals surface area contributed by atoms with Crippen LogP contribution in [0.3, 0.4) is 0 Å². The van der Waals surface area contributed by atoms with Crippen molar-refractivity contribution in [1.82, 2.24) is 15.5 Å². The molecule has 3 amide bonds. The van der Waals surface area contributed by atoms with E-state index in [1.54, 1.807) is 58.9 Å². The van der Waals surface area contributed by atoms with Crippen LogP contribution in [-0.4, -0.2) is 54.1 Å². The van der Waals surface area contributed by atoms with E-state index in [1.165, 1.54) is 7.11 Å². The number of amides is 3. The molecule has 0 aliphatic carbocycles. The van der Waals surface area contributed by atoms with Gasteiger partial charge in [0.15, 0.2) is 0 Å². The van der Waals surface area contributed by atoms with Gasteiger partial charge in [-0.15, -0.1) is 6.42 Å². The minimum Gasteiger partial charge on any atom is -0.468 e. The number of terminal acetylenes is 2. The fourth-order valence-corrected chi connectivity index (χ4v) is 2.87. The zero-order chi connectivity index (χ0) is 26.1. The van der Waals surface area contributed by atoms with Crippen LogP contribution in [0.2, 0.25) is 0 Å². The molecule has 0 aliphatic rings. The lowest BCUT2D eigenvalue weighted by Gasteiger charge is -2.31. The van der Waals surface area contributed by atoms with Gasteiger partial charge in [0.25, 0.3) is 5.91 Å². The highest BCUT2D eigenvalue weighted by molar-refractivity contribution is 5.94. The van der Waals surface area contributed by atoms with Crippen LogP contribution in [0.5, 0.6) is 0 Å². The summed E-state index contributed by atoms with van der Waals surface area (Å²) in [5, 5.41) is 4.95. The number of carbonyl (C=O) groups excluding carboxylic acids is 4. The first-order chi connectivity index (χ1) is 15.8. The normalized spacial score (nSPS) is 12.4. The molecule has 1 aromatic carbocycles. The monoisotopic (exact) mass is 469 g/mol. The van der Waals surface area contributed by atoms with Crippen molar-refractivity contribution in [3.8, 4) is 24.8 Å². The molecule has 9 nitrogen and oxygen atoms in total. The predicted octanol–water partition coefficient (Wildman–Crippen LogP) is 1.97.